The van der Waals surface area contributed by atoms with Gasteiger partial charge in [0.1, 0.15) is 0 Å². The molecule has 1 atom stereocenters. The second-order valence-corrected chi connectivity index (χ2v) is 10.5. The normalized spacial score (nSPS) is 26.3. The van der Waals surface area contributed by atoms with Gasteiger partial charge >= 0.3 is 0 Å². The van der Waals surface area contributed by atoms with E-state index in [0.717, 1.165) is 5.75 Å². The van der Waals surface area contributed by atoms with E-state index in [1.807, 2.05) is 0 Å². The van der Waals surface area contributed by atoms with E-state index < -0.39 is 0 Å². The van der Waals surface area contributed by atoms with Gasteiger partial charge < -0.3 is 0 Å². The van der Waals surface area contributed by atoms with Gasteiger partial charge in [0.2, 0.25) is 0 Å². The lowest BCUT2D eigenvalue weighted by Crippen LogP contribution is -2.12. The lowest BCUT2D eigenvalue weighted by atomic mass is 10.1. The number of rotatable bonds is 1. The lowest BCUT2D eigenvalue weighted by molar-refractivity contribution is 1.06. The van der Waals surface area contributed by atoms with Crippen molar-refractivity contribution in [2.24, 2.45) is 0 Å². The Balaban J connectivity index is 1.85. The zero-order valence-electron chi connectivity index (χ0n) is 13.6. The number of hydrogen-bond donors (Lipinski definition) is 0. The summed E-state index contributed by atoms with van der Waals surface area (Å²) in [6.45, 7) is 0. The Kier molecular flexibility index (Phi) is 7.39. The summed E-state index contributed by atoms with van der Waals surface area (Å²) in [5, 5.41) is 1.59. The van der Waals surface area contributed by atoms with Crippen LogP contribution in [0, 0.1) is 0 Å². The maximum Gasteiger partial charge on any atom is 0.0184 e. The molecule has 3 rings (SSSR count). The molecule has 1 aromatic rings. The minimum absolute atomic E-state index is 0.0469. The SMILES string of the molecule is C1=C/CSCCCP(c2ccccc2)CC2=C(/C=C/1)CSCC2. The summed E-state index contributed by atoms with van der Waals surface area (Å²) in [4.78, 5) is 0. The molecule has 3 heteroatoms. The quantitative estimate of drug-likeness (QED) is 0.609. The first kappa shape index (κ1) is 17.4. The van der Waals surface area contributed by atoms with Crippen LogP contribution in [0.4, 0.5) is 0 Å². The molecule has 0 N–H and O–H groups in total. The third kappa shape index (κ3) is 5.55. The van der Waals surface area contributed by atoms with Gasteiger partial charge in [0.15, 0.2) is 0 Å². The minimum atomic E-state index is -0.0469. The van der Waals surface area contributed by atoms with Crippen LogP contribution in [0.1, 0.15) is 12.8 Å². The summed E-state index contributed by atoms with van der Waals surface area (Å²) in [6, 6.07) is 11.3. The molecule has 2 aliphatic rings. The summed E-state index contributed by atoms with van der Waals surface area (Å²) in [5.41, 5.74) is 3.33. The molecule has 23 heavy (non-hydrogen) atoms. The molecule has 0 amide bonds. The van der Waals surface area contributed by atoms with E-state index in [1.165, 1.54) is 42.4 Å². The van der Waals surface area contributed by atoms with Crippen LogP contribution in [0.15, 0.2) is 65.8 Å². The smallest absolute Gasteiger partial charge is 0.0184 e. The van der Waals surface area contributed by atoms with E-state index >= 15 is 0 Å². The Labute approximate surface area is 150 Å². The monoisotopic (exact) mass is 360 g/mol. The first-order valence-electron chi connectivity index (χ1n) is 8.43. The van der Waals surface area contributed by atoms with E-state index in [2.05, 4.69) is 78.2 Å². The van der Waals surface area contributed by atoms with Crippen molar-refractivity contribution in [2.75, 3.05) is 35.3 Å². The van der Waals surface area contributed by atoms with E-state index in [0.29, 0.717) is 0 Å². The van der Waals surface area contributed by atoms with Crippen molar-refractivity contribution in [1.82, 2.24) is 0 Å². The van der Waals surface area contributed by atoms with Crippen LogP contribution in [-0.2, 0) is 0 Å². The highest BCUT2D eigenvalue weighted by Crippen LogP contribution is 2.41. The summed E-state index contributed by atoms with van der Waals surface area (Å²) < 4.78 is 0. The highest BCUT2D eigenvalue weighted by Gasteiger charge is 2.17. The molecule has 0 saturated carbocycles. The highest BCUT2D eigenvalue weighted by atomic mass is 32.2. The molecule has 122 valence electrons. The summed E-state index contributed by atoms with van der Waals surface area (Å²) >= 11 is 4.16. The second kappa shape index (κ2) is 9.77. The number of benzene rings is 1. The first-order chi connectivity index (χ1) is 11.4. The van der Waals surface area contributed by atoms with Gasteiger partial charge in [-0.25, -0.2) is 0 Å². The molecule has 1 unspecified atom stereocenters. The molecule has 1 aromatic carbocycles. The fourth-order valence-electron chi connectivity index (χ4n) is 2.97. The molecule has 0 fully saturated rings. The van der Waals surface area contributed by atoms with Crippen molar-refractivity contribution in [3.05, 3.63) is 65.8 Å². The average molecular weight is 361 g/mol. The first-order valence-corrected chi connectivity index (χ1v) is 12.5. The Bertz CT molecular complexity index is 575. The van der Waals surface area contributed by atoms with E-state index in [4.69, 9.17) is 0 Å². The van der Waals surface area contributed by atoms with Gasteiger partial charge in [-0.15, -0.1) is 0 Å². The molecule has 0 nitrogen and oxygen atoms in total. The van der Waals surface area contributed by atoms with Crippen molar-refractivity contribution in [3.63, 3.8) is 0 Å². The van der Waals surface area contributed by atoms with Gasteiger partial charge in [-0.3, -0.25) is 0 Å². The lowest BCUT2D eigenvalue weighted by Gasteiger charge is -2.24. The van der Waals surface area contributed by atoms with E-state index in [9.17, 15) is 0 Å². The molecular formula is C20H25PS2. The van der Waals surface area contributed by atoms with Crippen LogP contribution < -0.4 is 5.30 Å². The zero-order valence-corrected chi connectivity index (χ0v) is 16.1. The Hall–Kier alpha value is -0.430. The van der Waals surface area contributed by atoms with Crippen molar-refractivity contribution >= 4 is 36.7 Å². The predicted octanol–water partition coefficient (Wildman–Crippen LogP) is 5.48. The van der Waals surface area contributed by atoms with Crippen LogP contribution in [0.25, 0.3) is 0 Å². The molecule has 0 aliphatic carbocycles. The molecule has 2 aliphatic heterocycles. The highest BCUT2D eigenvalue weighted by molar-refractivity contribution is 7.99. The molecule has 0 saturated heterocycles. The number of hydrogen-bond acceptors (Lipinski definition) is 2. The standard InChI is InChI=1S/C20H25PS2/c1-4-9-20(10-5-1)21-12-7-14-22-13-6-2-3-8-19-17-23-15-11-18(19)16-21/h1-6,8-10H,7,11-17H2/b6-2+,8-3+. The molecule has 0 bridgehead atoms. The maximum absolute atomic E-state index is 2.37. The summed E-state index contributed by atoms with van der Waals surface area (Å²) in [6.07, 6.45) is 14.5. The van der Waals surface area contributed by atoms with Gasteiger partial charge in [0.25, 0.3) is 0 Å². The van der Waals surface area contributed by atoms with Gasteiger partial charge in [0, 0.05) is 11.5 Å². The third-order valence-corrected chi connectivity index (χ3v) is 8.90. The minimum Gasteiger partial charge on any atom is -0.158 e. The molecule has 0 spiro atoms. The molecule has 0 aromatic heterocycles. The number of thioether (sulfide) groups is 2. The number of allylic oxidation sites excluding steroid dienone is 4. The van der Waals surface area contributed by atoms with Gasteiger partial charge in [-0.05, 0) is 47.5 Å². The van der Waals surface area contributed by atoms with Crippen LogP contribution in [-0.4, -0.2) is 35.3 Å². The van der Waals surface area contributed by atoms with Crippen LogP contribution in [0.2, 0.25) is 0 Å². The van der Waals surface area contributed by atoms with Crippen molar-refractivity contribution < 1.29 is 0 Å². The Morgan fingerprint density at radius 1 is 0.957 bits per heavy atom. The van der Waals surface area contributed by atoms with Gasteiger partial charge in [0.05, 0.1) is 0 Å². The molecule has 2 heterocycles. The Morgan fingerprint density at radius 3 is 2.78 bits per heavy atom. The summed E-state index contributed by atoms with van der Waals surface area (Å²) in [5.74, 6) is 4.94. The van der Waals surface area contributed by atoms with Crippen molar-refractivity contribution in [3.8, 4) is 0 Å². The van der Waals surface area contributed by atoms with Crippen molar-refractivity contribution in [1.29, 1.82) is 0 Å². The maximum atomic E-state index is 2.37. The van der Waals surface area contributed by atoms with Crippen LogP contribution in [0.5, 0.6) is 0 Å². The largest absolute Gasteiger partial charge is 0.158 e. The molecule has 0 radical (unpaired) electrons. The Morgan fingerprint density at radius 2 is 1.87 bits per heavy atom. The zero-order chi connectivity index (χ0) is 15.7. The topological polar surface area (TPSA) is 0 Å². The fraction of sp³-hybridized carbons (Fsp3) is 0.400. The van der Waals surface area contributed by atoms with Gasteiger partial charge in [-0.1, -0.05) is 68.1 Å². The van der Waals surface area contributed by atoms with E-state index in [-0.39, 0.29) is 7.92 Å². The third-order valence-electron chi connectivity index (χ3n) is 4.24. The van der Waals surface area contributed by atoms with Crippen molar-refractivity contribution in [2.45, 2.75) is 12.8 Å². The van der Waals surface area contributed by atoms with Crippen LogP contribution in [0.3, 0.4) is 0 Å². The second-order valence-electron chi connectivity index (χ2n) is 5.90. The average Bonchev–Trinajstić information content (AvgIpc) is 2.62. The van der Waals surface area contributed by atoms with Gasteiger partial charge in [-0.2, -0.15) is 23.5 Å². The predicted molar refractivity (Wildman–Crippen MR) is 112 cm³/mol. The molecular weight excluding hydrogens is 335 g/mol. The van der Waals surface area contributed by atoms with Crippen LogP contribution >= 0.6 is 31.4 Å². The summed E-state index contributed by atoms with van der Waals surface area (Å²) in [7, 11) is -0.0469. The fourth-order valence-corrected chi connectivity index (χ4v) is 7.56. The van der Waals surface area contributed by atoms with E-state index in [1.54, 1.807) is 16.5 Å².